The zero-order valence-electron chi connectivity index (χ0n) is 14.4. The normalized spacial score (nSPS) is 23.7. The Labute approximate surface area is 138 Å². The number of aliphatic hydroxyl groups is 1. The summed E-state index contributed by atoms with van der Waals surface area (Å²) in [7, 11) is 0. The molecule has 2 aliphatic heterocycles. The first-order valence-corrected chi connectivity index (χ1v) is 8.42. The van der Waals surface area contributed by atoms with Crippen LogP contribution in [-0.2, 0) is 9.53 Å². The summed E-state index contributed by atoms with van der Waals surface area (Å²) >= 11 is 0. The molecule has 1 unspecified atom stereocenters. The van der Waals surface area contributed by atoms with Gasteiger partial charge in [0.05, 0.1) is 12.6 Å². The molecule has 2 N–H and O–H groups in total. The highest BCUT2D eigenvalue weighted by atomic mass is 16.6. The minimum absolute atomic E-state index is 0.0590. The van der Waals surface area contributed by atoms with Gasteiger partial charge in [0.15, 0.2) is 0 Å². The van der Waals surface area contributed by atoms with Gasteiger partial charge in [0.2, 0.25) is 5.91 Å². The van der Waals surface area contributed by atoms with Gasteiger partial charge >= 0.3 is 6.09 Å². The summed E-state index contributed by atoms with van der Waals surface area (Å²) in [6, 6.07) is -0.399. The smallest absolute Gasteiger partial charge is 0.410 e. The van der Waals surface area contributed by atoms with E-state index in [1.807, 2.05) is 20.8 Å². The molecule has 2 amide bonds. The van der Waals surface area contributed by atoms with Crippen LogP contribution in [0.4, 0.5) is 4.79 Å². The summed E-state index contributed by atoms with van der Waals surface area (Å²) in [4.78, 5) is 28.2. The number of nitrogens with zero attached hydrogens (tertiary/aromatic N) is 2. The number of rotatable bonds is 2. The Morgan fingerprint density at radius 3 is 2.43 bits per heavy atom. The zero-order chi connectivity index (χ0) is 17.0. The van der Waals surface area contributed by atoms with E-state index in [1.165, 1.54) is 4.90 Å². The molecule has 7 heteroatoms. The summed E-state index contributed by atoms with van der Waals surface area (Å²) in [5.41, 5.74) is -0.570. The van der Waals surface area contributed by atoms with Crippen LogP contribution in [-0.4, -0.2) is 77.9 Å². The largest absolute Gasteiger partial charge is 0.444 e. The van der Waals surface area contributed by atoms with Crippen LogP contribution in [0.5, 0.6) is 0 Å². The van der Waals surface area contributed by atoms with E-state index < -0.39 is 17.7 Å². The quantitative estimate of drug-likeness (QED) is 0.768. The van der Waals surface area contributed by atoms with Crippen molar-refractivity contribution in [3.05, 3.63) is 0 Å². The number of carbonyl (C=O) groups excluding carboxylic acids is 2. The molecule has 0 aromatic rings. The molecule has 0 bridgehead atoms. The summed E-state index contributed by atoms with van der Waals surface area (Å²) in [5, 5.41) is 12.9. The molecule has 2 fully saturated rings. The van der Waals surface area contributed by atoms with E-state index in [4.69, 9.17) is 4.74 Å². The van der Waals surface area contributed by atoms with E-state index >= 15 is 0 Å². The van der Waals surface area contributed by atoms with Gasteiger partial charge in [-0.15, -0.1) is 0 Å². The van der Waals surface area contributed by atoms with Crippen molar-refractivity contribution in [1.29, 1.82) is 0 Å². The first-order chi connectivity index (χ1) is 10.8. The van der Waals surface area contributed by atoms with Crippen LogP contribution in [0.15, 0.2) is 0 Å². The predicted octanol–water partition coefficient (Wildman–Crippen LogP) is 0.426. The van der Waals surface area contributed by atoms with E-state index in [1.54, 1.807) is 4.90 Å². The van der Waals surface area contributed by atoms with Crippen molar-refractivity contribution in [3.8, 4) is 0 Å². The lowest BCUT2D eigenvalue weighted by Gasteiger charge is -2.42. The SMILES string of the molecule is CC(C)(C)OC(=O)N1CCN(C(=O)C2CCNCC2)CC1CO. The predicted molar refractivity (Wildman–Crippen MR) is 86.0 cm³/mol. The Balaban J connectivity index is 1.95. The van der Waals surface area contributed by atoms with Crippen molar-refractivity contribution in [3.63, 3.8) is 0 Å². The van der Waals surface area contributed by atoms with Gasteiger partial charge in [-0.05, 0) is 46.7 Å². The third-order valence-electron chi connectivity index (χ3n) is 4.32. The topological polar surface area (TPSA) is 82.1 Å². The van der Waals surface area contributed by atoms with Gasteiger partial charge in [0.1, 0.15) is 5.60 Å². The monoisotopic (exact) mass is 327 g/mol. The van der Waals surface area contributed by atoms with Gasteiger partial charge in [-0.3, -0.25) is 9.69 Å². The highest BCUT2D eigenvalue weighted by molar-refractivity contribution is 5.79. The van der Waals surface area contributed by atoms with Gasteiger partial charge in [0, 0.05) is 25.6 Å². The average molecular weight is 327 g/mol. The minimum Gasteiger partial charge on any atom is -0.444 e. The summed E-state index contributed by atoms with van der Waals surface area (Å²) in [6.07, 6.45) is 1.29. The van der Waals surface area contributed by atoms with Crippen LogP contribution in [0.2, 0.25) is 0 Å². The van der Waals surface area contributed by atoms with Crippen molar-refractivity contribution in [1.82, 2.24) is 15.1 Å². The molecule has 132 valence electrons. The summed E-state index contributed by atoms with van der Waals surface area (Å²) < 4.78 is 5.39. The van der Waals surface area contributed by atoms with Gasteiger partial charge < -0.3 is 20.1 Å². The van der Waals surface area contributed by atoms with E-state index in [0.717, 1.165) is 25.9 Å². The maximum absolute atomic E-state index is 12.6. The minimum atomic E-state index is -0.570. The van der Waals surface area contributed by atoms with Crippen LogP contribution in [0.1, 0.15) is 33.6 Å². The summed E-state index contributed by atoms with van der Waals surface area (Å²) in [5.74, 6) is 0.206. The lowest BCUT2D eigenvalue weighted by Crippen LogP contribution is -2.59. The van der Waals surface area contributed by atoms with Crippen LogP contribution in [0.3, 0.4) is 0 Å². The molecule has 1 atom stereocenters. The van der Waals surface area contributed by atoms with Crippen LogP contribution >= 0.6 is 0 Å². The molecular formula is C16H29N3O4. The van der Waals surface area contributed by atoms with Crippen LogP contribution in [0, 0.1) is 5.92 Å². The van der Waals surface area contributed by atoms with Crippen molar-refractivity contribution < 1.29 is 19.4 Å². The Morgan fingerprint density at radius 1 is 1.22 bits per heavy atom. The highest BCUT2D eigenvalue weighted by Crippen LogP contribution is 2.20. The zero-order valence-corrected chi connectivity index (χ0v) is 14.4. The molecule has 2 saturated heterocycles. The maximum atomic E-state index is 12.6. The molecule has 7 nitrogen and oxygen atoms in total. The number of carbonyl (C=O) groups is 2. The van der Waals surface area contributed by atoms with E-state index in [-0.39, 0.29) is 18.4 Å². The molecule has 2 aliphatic rings. The van der Waals surface area contributed by atoms with E-state index in [0.29, 0.717) is 19.6 Å². The molecule has 0 aromatic carbocycles. The molecule has 0 aliphatic carbocycles. The van der Waals surface area contributed by atoms with Gasteiger partial charge in [0.25, 0.3) is 0 Å². The second-order valence-electron chi connectivity index (χ2n) is 7.32. The second kappa shape index (κ2) is 7.49. The van der Waals surface area contributed by atoms with Crippen LogP contribution < -0.4 is 5.32 Å². The lowest BCUT2D eigenvalue weighted by atomic mass is 9.96. The molecule has 23 heavy (non-hydrogen) atoms. The number of piperidine rings is 1. The Kier molecular flexibility index (Phi) is 5.86. The number of aliphatic hydroxyl groups excluding tert-OH is 1. The van der Waals surface area contributed by atoms with Crippen molar-refractivity contribution >= 4 is 12.0 Å². The molecule has 0 saturated carbocycles. The first kappa shape index (κ1) is 18.0. The Hall–Kier alpha value is -1.34. The average Bonchev–Trinajstić information content (AvgIpc) is 2.52. The third-order valence-corrected chi connectivity index (χ3v) is 4.32. The summed E-state index contributed by atoms with van der Waals surface area (Å²) in [6.45, 7) is 8.29. The number of amides is 2. The fourth-order valence-electron chi connectivity index (χ4n) is 3.10. The fraction of sp³-hybridized carbons (Fsp3) is 0.875. The second-order valence-corrected chi connectivity index (χ2v) is 7.32. The number of piperazine rings is 1. The number of nitrogens with one attached hydrogen (secondary N) is 1. The number of ether oxygens (including phenoxy) is 1. The van der Waals surface area contributed by atoms with Crippen molar-refractivity contribution in [2.75, 3.05) is 39.3 Å². The first-order valence-electron chi connectivity index (χ1n) is 8.42. The van der Waals surface area contributed by atoms with Crippen molar-refractivity contribution in [2.45, 2.75) is 45.3 Å². The Morgan fingerprint density at radius 2 is 1.87 bits per heavy atom. The van der Waals surface area contributed by atoms with Crippen molar-refractivity contribution in [2.24, 2.45) is 5.92 Å². The molecular weight excluding hydrogens is 298 g/mol. The van der Waals surface area contributed by atoms with Gasteiger partial charge in [-0.2, -0.15) is 0 Å². The molecule has 2 rings (SSSR count). The van der Waals surface area contributed by atoms with Gasteiger partial charge in [-0.1, -0.05) is 0 Å². The standard InChI is InChI=1S/C16H29N3O4/c1-16(2,3)23-15(22)19-9-8-18(10-13(19)11-20)14(21)12-4-6-17-7-5-12/h12-13,17,20H,4-11H2,1-3H3. The molecule has 2 heterocycles. The van der Waals surface area contributed by atoms with Crippen LogP contribution in [0.25, 0.3) is 0 Å². The highest BCUT2D eigenvalue weighted by Gasteiger charge is 2.36. The van der Waals surface area contributed by atoms with Gasteiger partial charge in [-0.25, -0.2) is 4.79 Å². The number of hydrogen-bond donors (Lipinski definition) is 2. The fourth-order valence-corrected chi connectivity index (χ4v) is 3.10. The molecule has 0 aromatic heterocycles. The van der Waals surface area contributed by atoms with E-state index in [9.17, 15) is 14.7 Å². The third kappa shape index (κ3) is 4.81. The number of hydrogen-bond acceptors (Lipinski definition) is 5. The molecule has 0 spiro atoms. The molecule has 0 radical (unpaired) electrons. The maximum Gasteiger partial charge on any atom is 0.410 e. The van der Waals surface area contributed by atoms with E-state index in [2.05, 4.69) is 5.32 Å². The Bertz CT molecular complexity index is 430. The lowest BCUT2D eigenvalue weighted by molar-refractivity contribution is -0.139.